The van der Waals surface area contributed by atoms with Gasteiger partial charge in [0.2, 0.25) is 5.91 Å². The van der Waals surface area contributed by atoms with E-state index >= 15 is 0 Å². The van der Waals surface area contributed by atoms with Crippen LogP contribution in [0.3, 0.4) is 0 Å². The monoisotopic (exact) mass is 425 g/mol. The van der Waals surface area contributed by atoms with Crippen LogP contribution in [0, 0.1) is 11.7 Å². The highest BCUT2D eigenvalue weighted by molar-refractivity contribution is 7.15. The number of rotatable bonds is 8. The number of thiazole rings is 1. The summed E-state index contributed by atoms with van der Waals surface area (Å²) >= 11 is 1.56. The minimum absolute atomic E-state index is 0.130. The Bertz CT molecular complexity index is 1110. The van der Waals surface area contributed by atoms with Crippen molar-refractivity contribution in [2.24, 2.45) is 5.92 Å². The zero-order valence-corrected chi connectivity index (χ0v) is 17.9. The van der Waals surface area contributed by atoms with E-state index in [1.165, 1.54) is 12.1 Å². The predicted molar refractivity (Wildman–Crippen MR) is 116 cm³/mol. The first-order valence-electron chi connectivity index (χ1n) is 10.0. The molecule has 1 amide bonds. The normalized spacial score (nSPS) is 11.5. The number of imidazole rings is 1. The molecule has 4 aromatic rings. The quantitative estimate of drug-likeness (QED) is 0.379. The summed E-state index contributed by atoms with van der Waals surface area (Å²) in [6.45, 7) is 5.17. The van der Waals surface area contributed by atoms with Gasteiger partial charge in [0.15, 0.2) is 4.96 Å². The Labute approximate surface area is 178 Å². The third-order valence-electron chi connectivity index (χ3n) is 4.92. The largest absolute Gasteiger partial charge is 0.467 e. The van der Waals surface area contributed by atoms with E-state index in [4.69, 9.17) is 4.42 Å². The van der Waals surface area contributed by atoms with Crippen LogP contribution in [0.2, 0.25) is 0 Å². The Morgan fingerprint density at radius 1 is 1.27 bits per heavy atom. The molecule has 0 aliphatic heterocycles. The molecule has 0 aliphatic carbocycles. The molecule has 0 spiro atoms. The molecule has 0 fully saturated rings. The van der Waals surface area contributed by atoms with Crippen molar-refractivity contribution >= 4 is 22.2 Å². The van der Waals surface area contributed by atoms with Crippen LogP contribution in [0.5, 0.6) is 0 Å². The van der Waals surface area contributed by atoms with E-state index in [9.17, 15) is 9.18 Å². The van der Waals surface area contributed by atoms with Crippen molar-refractivity contribution in [2.45, 2.75) is 33.2 Å². The van der Waals surface area contributed by atoms with Crippen molar-refractivity contribution in [3.05, 3.63) is 71.5 Å². The zero-order valence-electron chi connectivity index (χ0n) is 17.0. The van der Waals surface area contributed by atoms with Crippen molar-refractivity contribution in [1.29, 1.82) is 0 Å². The fraction of sp³-hybridized carbons (Fsp3) is 0.304. The number of furan rings is 1. The Morgan fingerprint density at radius 3 is 2.77 bits per heavy atom. The second kappa shape index (κ2) is 8.83. The Hall–Kier alpha value is -2.93. The van der Waals surface area contributed by atoms with Crippen molar-refractivity contribution in [3.8, 4) is 11.3 Å². The standard InChI is InChI=1S/C23H24FN3O2S/c1-16(2)12-22(28)26(13-20-4-3-11-29-20)10-9-19-15-30-23-25-21(14-27(19)23)17-5-7-18(24)8-6-17/h3-8,11,14-16H,9-10,12-13H2,1-2H3. The molecule has 0 N–H and O–H groups in total. The van der Waals surface area contributed by atoms with Crippen molar-refractivity contribution in [3.63, 3.8) is 0 Å². The maximum atomic E-state index is 13.2. The SMILES string of the molecule is CC(C)CC(=O)N(CCc1csc2nc(-c3ccc(F)cc3)cn12)Cc1ccco1. The highest BCUT2D eigenvalue weighted by atomic mass is 32.1. The van der Waals surface area contributed by atoms with Gasteiger partial charge in [-0.25, -0.2) is 9.37 Å². The number of aromatic nitrogens is 2. The Morgan fingerprint density at radius 2 is 2.07 bits per heavy atom. The first-order valence-corrected chi connectivity index (χ1v) is 10.9. The molecular formula is C23H24FN3O2S. The van der Waals surface area contributed by atoms with Gasteiger partial charge in [-0.05, 0) is 42.3 Å². The average Bonchev–Trinajstić information content (AvgIpc) is 3.43. The lowest BCUT2D eigenvalue weighted by molar-refractivity contribution is -0.132. The van der Waals surface area contributed by atoms with Crippen LogP contribution in [0.15, 0.2) is 58.7 Å². The highest BCUT2D eigenvalue weighted by Crippen LogP contribution is 2.24. The van der Waals surface area contributed by atoms with Crippen molar-refractivity contribution < 1.29 is 13.6 Å². The fourth-order valence-corrected chi connectivity index (χ4v) is 4.29. The van der Waals surface area contributed by atoms with Gasteiger partial charge < -0.3 is 9.32 Å². The second-order valence-electron chi connectivity index (χ2n) is 7.76. The van der Waals surface area contributed by atoms with Gasteiger partial charge in [0, 0.05) is 42.2 Å². The predicted octanol–water partition coefficient (Wildman–Crippen LogP) is 5.41. The van der Waals surface area contributed by atoms with E-state index in [2.05, 4.69) is 14.8 Å². The number of carbonyl (C=O) groups excluding carboxylic acids is 1. The summed E-state index contributed by atoms with van der Waals surface area (Å²) < 4.78 is 20.7. The molecule has 0 aliphatic rings. The number of amides is 1. The number of halogens is 1. The molecule has 0 radical (unpaired) electrons. The second-order valence-corrected chi connectivity index (χ2v) is 8.59. The number of hydrogen-bond donors (Lipinski definition) is 0. The number of carbonyl (C=O) groups is 1. The molecule has 0 atom stereocenters. The van der Waals surface area contributed by atoms with Crippen molar-refractivity contribution in [1.82, 2.24) is 14.3 Å². The topological polar surface area (TPSA) is 50.8 Å². The minimum atomic E-state index is -0.261. The van der Waals surface area contributed by atoms with Gasteiger partial charge >= 0.3 is 0 Å². The van der Waals surface area contributed by atoms with E-state index < -0.39 is 0 Å². The first kappa shape index (κ1) is 20.3. The molecule has 30 heavy (non-hydrogen) atoms. The first-order chi connectivity index (χ1) is 14.5. The molecule has 0 bridgehead atoms. The van der Waals surface area contributed by atoms with Gasteiger partial charge in [-0.3, -0.25) is 9.20 Å². The molecule has 3 heterocycles. The molecule has 156 valence electrons. The Kier molecular flexibility index (Phi) is 5.99. The molecule has 1 aromatic carbocycles. The van der Waals surface area contributed by atoms with Crippen molar-refractivity contribution in [2.75, 3.05) is 6.54 Å². The van der Waals surface area contributed by atoms with E-state index in [-0.39, 0.29) is 11.7 Å². The summed E-state index contributed by atoms with van der Waals surface area (Å²) in [5.41, 5.74) is 2.79. The van der Waals surface area contributed by atoms with Crippen LogP contribution >= 0.6 is 11.3 Å². The minimum Gasteiger partial charge on any atom is -0.467 e. The van der Waals surface area contributed by atoms with E-state index in [0.717, 1.165) is 27.7 Å². The summed E-state index contributed by atoms with van der Waals surface area (Å²) in [5, 5.41) is 2.08. The number of hydrogen-bond acceptors (Lipinski definition) is 4. The van der Waals surface area contributed by atoms with Crippen LogP contribution in [0.4, 0.5) is 4.39 Å². The smallest absolute Gasteiger partial charge is 0.223 e. The van der Waals surface area contributed by atoms with Gasteiger partial charge in [0.05, 0.1) is 18.5 Å². The lowest BCUT2D eigenvalue weighted by atomic mass is 10.1. The molecule has 0 saturated heterocycles. The number of benzene rings is 1. The third kappa shape index (κ3) is 4.62. The fourth-order valence-electron chi connectivity index (χ4n) is 3.38. The highest BCUT2D eigenvalue weighted by Gasteiger charge is 2.18. The maximum Gasteiger partial charge on any atom is 0.223 e. The van der Waals surface area contributed by atoms with Crippen LogP contribution in [-0.2, 0) is 17.8 Å². The maximum absolute atomic E-state index is 13.2. The molecule has 3 aromatic heterocycles. The van der Waals surface area contributed by atoms with E-state index in [1.54, 1.807) is 29.7 Å². The van der Waals surface area contributed by atoms with Crippen LogP contribution < -0.4 is 0 Å². The molecule has 5 nitrogen and oxygen atoms in total. The van der Waals surface area contributed by atoms with Crippen LogP contribution in [0.25, 0.3) is 16.2 Å². The lowest BCUT2D eigenvalue weighted by Crippen LogP contribution is -2.33. The van der Waals surface area contributed by atoms with E-state index in [1.807, 2.05) is 37.1 Å². The van der Waals surface area contributed by atoms with Crippen LogP contribution in [0.1, 0.15) is 31.7 Å². The number of nitrogens with zero attached hydrogens (tertiary/aromatic N) is 3. The summed E-state index contributed by atoms with van der Waals surface area (Å²) in [6, 6.07) is 10.1. The third-order valence-corrected chi connectivity index (χ3v) is 5.81. The summed E-state index contributed by atoms with van der Waals surface area (Å²) in [6.07, 6.45) is 4.83. The van der Waals surface area contributed by atoms with Gasteiger partial charge in [-0.1, -0.05) is 13.8 Å². The van der Waals surface area contributed by atoms with Gasteiger partial charge in [0.1, 0.15) is 11.6 Å². The summed E-state index contributed by atoms with van der Waals surface area (Å²) in [7, 11) is 0. The lowest BCUT2D eigenvalue weighted by Gasteiger charge is -2.22. The molecule has 4 rings (SSSR count). The van der Waals surface area contributed by atoms with Gasteiger partial charge in [-0.2, -0.15) is 0 Å². The summed E-state index contributed by atoms with van der Waals surface area (Å²) in [5.74, 6) is 0.953. The zero-order chi connectivity index (χ0) is 21.1. The molecule has 7 heteroatoms. The molecule has 0 saturated carbocycles. The molecular weight excluding hydrogens is 401 g/mol. The van der Waals surface area contributed by atoms with Gasteiger partial charge in [-0.15, -0.1) is 11.3 Å². The average molecular weight is 426 g/mol. The number of fused-ring (bicyclic) bond motifs is 1. The van der Waals surface area contributed by atoms with E-state index in [0.29, 0.717) is 31.8 Å². The Balaban J connectivity index is 1.51. The van der Waals surface area contributed by atoms with Gasteiger partial charge in [0.25, 0.3) is 0 Å². The summed E-state index contributed by atoms with van der Waals surface area (Å²) in [4.78, 5) is 20.2. The molecule has 0 unspecified atom stereocenters. The van der Waals surface area contributed by atoms with Crippen LogP contribution in [-0.4, -0.2) is 26.7 Å².